The predicted octanol–water partition coefficient (Wildman–Crippen LogP) is 1.73. The lowest BCUT2D eigenvalue weighted by atomic mass is 9.84. The average Bonchev–Trinajstić information content (AvgIpc) is 2.61. The fourth-order valence-corrected chi connectivity index (χ4v) is 2.68. The molecule has 0 spiro atoms. The van der Waals surface area contributed by atoms with Gasteiger partial charge in [0.05, 0.1) is 5.41 Å². The summed E-state index contributed by atoms with van der Waals surface area (Å²) >= 11 is 0. The standard InChI is InChI=1S/C11H19NO2/c1-9-4-7-12(9)8-11(10(13)14)5-2-3-6-11/h9H,2-8H2,1H3,(H,13,14). The van der Waals surface area contributed by atoms with Gasteiger partial charge in [-0.05, 0) is 32.7 Å². The number of carbonyl (C=O) groups is 1. The third kappa shape index (κ3) is 1.54. The van der Waals surface area contributed by atoms with Gasteiger partial charge in [0.25, 0.3) is 0 Å². The molecule has 2 fully saturated rings. The first-order valence-corrected chi connectivity index (χ1v) is 5.61. The van der Waals surface area contributed by atoms with Crippen LogP contribution in [0.3, 0.4) is 0 Å². The quantitative estimate of drug-likeness (QED) is 0.749. The normalized spacial score (nSPS) is 31.4. The van der Waals surface area contributed by atoms with Crippen LogP contribution in [0.25, 0.3) is 0 Å². The van der Waals surface area contributed by atoms with Crippen molar-refractivity contribution < 1.29 is 9.90 Å². The summed E-state index contributed by atoms with van der Waals surface area (Å²) in [5.74, 6) is -0.575. The topological polar surface area (TPSA) is 40.5 Å². The number of carboxylic acids is 1. The molecular formula is C11H19NO2. The first-order chi connectivity index (χ1) is 6.64. The number of hydrogen-bond donors (Lipinski definition) is 1. The molecule has 1 saturated carbocycles. The zero-order chi connectivity index (χ0) is 10.2. The van der Waals surface area contributed by atoms with E-state index in [4.69, 9.17) is 0 Å². The second-order valence-electron chi connectivity index (χ2n) is 4.90. The molecular weight excluding hydrogens is 178 g/mol. The maximum Gasteiger partial charge on any atom is 0.310 e. The molecule has 2 rings (SSSR count). The zero-order valence-corrected chi connectivity index (χ0v) is 8.83. The third-order valence-corrected chi connectivity index (χ3v) is 3.98. The van der Waals surface area contributed by atoms with Gasteiger partial charge < -0.3 is 5.11 Å². The Morgan fingerprint density at radius 1 is 1.50 bits per heavy atom. The largest absolute Gasteiger partial charge is 0.481 e. The molecule has 14 heavy (non-hydrogen) atoms. The number of carboxylic acid groups (broad SMARTS) is 1. The van der Waals surface area contributed by atoms with Crippen LogP contribution in [0.2, 0.25) is 0 Å². The van der Waals surface area contributed by atoms with Crippen molar-refractivity contribution in [3.8, 4) is 0 Å². The summed E-state index contributed by atoms with van der Waals surface area (Å²) in [6, 6.07) is 0.604. The van der Waals surface area contributed by atoms with Crippen LogP contribution in [0.15, 0.2) is 0 Å². The average molecular weight is 197 g/mol. The maximum atomic E-state index is 11.3. The van der Waals surface area contributed by atoms with Crippen molar-refractivity contribution >= 4 is 5.97 Å². The highest BCUT2D eigenvalue weighted by Crippen LogP contribution is 2.40. The van der Waals surface area contributed by atoms with Crippen LogP contribution in [0, 0.1) is 5.41 Å². The Hall–Kier alpha value is -0.570. The van der Waals surface area contributed by atoms with Crippen molar-refractivity contribution in [1.82, 2.24) is 4.90 Å². The predicted molar refractivity (Wildman–Crippen MR) is 54.2 cm³/mol. The lowest BCUT2D eigenvalue weighted by Gasteiger charge is -2.43. The molecule has 1 aliphatic carbocycles. The Kier molecular flexibility index (Phi) is 2.52. The van der Waals surface area contributed by atoms with Gasteiger partial charge in [-0.1, -0.05) is 12.8 Å². The van der Waals surface area contributed by atoms with Gasteiger partial charge in [-0.15, -0.1) is 0 Å². The van der Waals surface area contributed by atoms with Crippen LogP contribution in [0.4, 0.5) is 0 Å². The molecule has 1 unspecified atom stereocenters. The maximum absolute atomic E-state index is 11.3. The SMILES string of the molecule is CC1CCN1CC1(C(=O)O)CCCC1. The van der Waals surface area contributed by atoms with Crippen LogP contribution in [-0.4, -0.2) is 35.1 Å². The van der Waals surface area contributed by atoms with Crippen LogP contribution < -0.4 is 0 Å². The number of rotatable bonds is 3. The van der Waals surface area contributed by atoms with E-state index in [2.05, 4.69) is 11.8 Å². The van der Waals surface area contributed by atoms with Gasteiger partial charge in [0.2, 0.25) is 0 Å². The Balaban J connectivity index is 2.00. The Bertz CT molecular complexity index is 233. The van der Waals surface area contributed by atoms with Gasteiger partial charge in [-0.3, -0.25) is 9.69 Å². The minimum absolute atomic E-state index is 0.408. The summed E-state index contributed by atoms with van der Waals surface area (Å²) in [6.45, 7) is 4.06. The molecule has 1 N–H and O–H groups in total. The van der Waals surface area contributed by atoms with E-state index in [1.165, 1.54) is 6.42 Å². The van der Waals surface area contributed by atoms with Gasteiger partial charge in [0.1, 0.15) is 0 Å². The van der Waals surface area contributed by atoms with Crippen LogP contribution in [0.5, 0.6) is 0 Å². The minimum Gasteiger partial charge on any atom is -0.481 e. The molecule has 3 nitrogen and oxygen atoms in total. The van der Waals surface area contributed by atoms with Crippen molar-refractivity contribution in [3.05, 3.63) is 0 Å². The van der Waals surface area contributed by atoms with Gasteiger partial charge in [0.15, 0.2) is 0 Å². The van der Waals surface area contributed by atoms with Gasteiger partial charge >= 0.3 is 5.97 Å². The summed E-state index contributed by atoms with van der Waals surface area (Å²) in [7, 11) is 0. The number of likely N-dealkylation sites (tertiary alicyclic amines) is 1. The van der Waals surface area contributed by atoms with Crippen LogP contribution in [0.1, 0.15) is 39.0 Å². The fraction of sp³-hybridized carbons (Fsp3) is 0.909. The molecule has 0 aromatic carbocycles. The van der Waals surface area contributed by atoms with E-state index in [1.54, 1.807) is 0 Å². The van der Waals surface area contributed by atoms with Crippen molar-refractivity contribution in [3.63, 3.8) is 0 Å². The number of aliphatic carboxylic acids is 1. The van der Waals surface area contributed by atoms with Gasteiger partial charge in [0, 0.05) is 12.6 Å². The first-order valence-electron chi connectivity index (χ1n) is 5.61. The lowest BCUT2D eigenvalue weighted by Crippen LogP contribution is -2.52. The molecule has 1 aliphatic heterocycles. The highest BCUT2D eigenvalue weighted by molar-refractivity contribution is 5.75. The summed E-state index contributed by atoms with van der Waals surface area (Å²) < 4.78 is 0. The summed E-state index contributed by atoms with van der Waals surface area (Å²) in [6.07, 6.45) is 5.18. The zero-order valence-electron chi connectivity index (χ0n) is 8.83. The molecule has 0 aromatic rings. The lowest BCUT2D eigenvalue weighted by molar-refractivity contribution is -0.151. The van der Waals surface area contributed by atoms with E-state index in [9.17, 15) is 9.90 Å². The molecule has 0 amide bonds. The van der Waals surface area contributed by atoms with Crippen LogP contribution >= 0.6 is 0 Å². The smallest absolute Gasteiger partial charge is 0.310 e. The monoisotopic (exact) mass is 197 g/mol. The second-order valence-corrected chi connectivity index (χ2v) is 4.90. The van der Waals surface area contributed by atoms with Crippen molar-refractivity contribution in [2.75, 3.05) is 13.1 Å². The molecule has 1 saturated heterocycles. The van der Waals surface area contributed by atoms with Crippen molar-refractivity contribution in [1.29, 1.82) is 0 Å². The van der Waals surface area contributed by atoms with E-state index >= 15 is 0 Å². The fourth-order valence-electron chi connectivity index (χ4n) is 2.68. The van der Waals surface area contributed by atoms with E-state index in [1.807, 2.05) is 0 Å². The molecule has 0 aromatic heterocycles. The second kappa shape index (κ2) is 3.54. The van der Waals surface area contributed by atoms with Crippen molar-refractivity contribution in [2.24, 2.45) is 5.41 Å². The highest BCUT2D eigenvalue weighted by Gasteiger charge is 2.44. The van der Waals surface area contributed by atoms with E-state index < -0.39 is 11.4 Å². The third-order valence-electron chi connectivity index (χ3n) is 3.98. The summed E-state index contributed by atoms with van der Waals surface area (Å²) in [4.78, 5) is 13.6. The minimum atomic E-state index is -0.575. The molecule has 0 radical (unpaired) electrons. The molecule has 2 aliphatic rings. The van der Waals surface area contributed by atoms with Crippen molar-refractivity contribution in [2.45, 2.75) is 45.1 Å². The van der Waals surface area contributed by atoms with E-state index in [0.29, 0.717) is 6.04 Å². The Morgan fingerprint density at radius 3 is 2.50 bits per heavy atom. The molecule has 0 bridgehead atoms. The Labute approximate surface area is 85.1 Å². The Morgan fingerprint density at radius 2 is 2.14 bits per heavy atom. The number of hydrogen-bond acceptors (Lipinski definition) is 2. The van der Waals surface area contributed by atoms with E-state index in [0.717, 1.165) is 38.8 Å². The first kappa shape index (κ1) is 9.97. The summed E-state index contributed by atoms with van der Waals surface area (Å²) in [5.41, 5.74) is -0.408. The molecule has 3 heteroatoms. The van der Waals surface area contributed by atoms with Crippen LogP contribution in [-0.2, 0) is 4.79 Å². The summed E-state index contributed by atoms with van der Waals surface area (Å²) in [5, 5.41) is 9.29. The highest BCUT2D eigenvalue weighted by atomic mass is 16.4. The molecule has 80 valence electrons. The number of nitrogens with zero attached hydrogens (tertiary/aromatic N) is 1. The van der Waals surface area contributed by atoms with E-state index in [-0.39, 0.29) is 0 Å². The molecule has 1 heterocycles. The van der Waals surface area contributed by atoms with Gasteiger partial charge in [-0.2, -0.15) is 0 Å². The molecule has 1 atom stereocenters. The van der Waals surface area contributed by atoms with Gasteiger partial charge in [-0.25, -0.2) is 0 Å².